The molecule has 3 rings (SSSR count). The number of benzene rings is 2. The lowest BCUT2D eigenvalue weighted by Gasteiger charge is -2.19. The van der Waals surface area contributed by atoms with Gasteiger partial charge in [-0.05, 0) is 49.9 Å². The van der Waals surface area contributed by atoms with Crippen LogP contribution in [0.3, 0.4) is 0 Å². The van der Waals surface area contributed by atoms with E-state index in [0.29, 0.717) is 0 Å². The summed E-state index contributed by atoms with van der Waals surface area (Å²) in [5.74, 6) is 0.371. The number of carbonyl (C=O) groups is 1. The molecule has 1 saturated carbocycles. The van der Waals surface area contributed by atoms with Gasteiger partial charge in [0.25, 0.3) is 0 Å². The first-order valence-corrected chi connectivity index (χ1v) is 8.39. The minimum atomic E-state index is 0.146. The van der Waals surface area contributed by atoms with Gasteiger partial charge in [0.05, 0.1) is 6.04 Å². The first kappa shape index (κ1) is 15.6. The maximum Gasteiger partial charge on any atom is 0.227 e. The van der Waals surface area contributed by atoms with Gasteiger partial charge in [0.1, 0.15) is 0 Å². The summed E-state index contributed by atoms with van der Waals surface area (Å²) in [6, 6.07) is 16.9. The summed E-state index contributed by atoms with van der Waals surface area (Å²) in [4.78, 5) is 11.9. The van der Waals surface area contributed by atoms with Crippen molar-refractivity contribution in [2.24, 2.45) is 5.92 Å². The number of hydrogen-bond donors (Lipinski definition) is 2. The number of carbonyl (C=O) groups excluding carboxylic acids is 1. The lowest BCUT2D eigenvalue weighted by molar-refractivity contribution is -0.117. The second-order valence-electron chi connectivity index (χ2n) is 6.36. The molecule has 0 bridgehead atoms. The minimum Gasteiger partial charge on any atom is -0.378 e. The van der Waals surface area contributed by atoms with Gasteiger partial charge < -0.3 is 10.6 Å². The fraction of sp³-hybridized carbons (Fsp3) is 0.350. The molecule has 2 aromatic rings. The summed E-state index contributed by atoms with van der Waals surface area (Å²) < 4.78 is 0. The van der Waals surface area contributed by atoms with Crippen LogP contribution in [0.4, 0.5) is 11.4 Å². The maximum atomic E-state index is 11.9. The summed E-state index contributed by atoms with van der Waals surface area (Å²) in [6.07, 6.45) is 3.05. The molecule has 1 aliphatic carbocycles. The smallest absolute Gasteiger partial charge is 0.227 e. The van der Waals surface area contributed by atoms with Crippen molar-refractivity contribution < 1.29 is 4.79 Å². The molecule has 3 nitrogen and oxygen atoms in total. The van der Waals surface area contributed by atoms with E-state index in [2.05, 4.69) is 48.7 Å². The van der Waals surface area contributed by atoms with Gasteiger partial charge in [-0.15, -0.1) is 0 Å². The SMILES string of the molecule is CCC(Nc1cccc(NC(=O)C2CC2)c1)c1ccc(C)cc1. The van der Waals surface area contributed by atoms with Crippen molar-refractivity contribution >= 4 is 17.3 Å². The van der Waals surface area contributed by atoms with Crippen LogP contribution in [0.2, 0.25) is 0 Å². The van der Waals surface area contributed by atoms with Crippen LogP contribution in [-0.4, -0.2) is 5.91 Å². The first-order chi connectivity index (χ1) is 11.2. The lowest BCUT2D eigenvalue weighted by atomic mass is 10.0. The summed E-state index contributed by atoms with van der Waals surface area (Å²) in [5.41, 5.74) is 4.45. The highest BCUT2D eigenvalue weighted by atomic mass is 16.2. The van der Waals surface area contributed by atoms with Crippen LogP contribution in [0.25, 0.3) is 0 Å². The van der Waals surface area contributed by atoms with Gasteiger partial charge in [0, 0.05) is 17.3 Å². The van der Waals surface area contributed by atoms with Crippen LogP contribution in [0, 0.1) is 12.8 Å². The molecule has 0 aromatic heterocycles. The highest BCUT2D eigenvalue weighted by molar-refractivity contribution is 5.94. The van der Waals surface area contributed by atoms with E-state index in [4.69, 9.17) is 0 Å². The largest absolute Gasteiger partial charge is 0.378 e. The van der Waals surface area contributed by atoms with Crippen molar-refractivity contribution in [3.8, 4) is 0 Å². The van der Waals surface area contributed by atoms with Gasteiger partial charge in [-0.1, -0.05) is 42.8 Å². The molecular weight excluding hydrogens is 284 g/mol. The second kappa shape index (κ2) is 6.86. The topological polar surface area (TPSA) is 41.1 Å². The third-order valence-corrected chi connectivity index (χ3v) is 4.31. The van der Waals surface area contributed by atoms with Crippen LogP contribution in [0.15, 0.2) is 48.5 Å². The van der Waals surface area contributed by atoms with E-state index in [0.717, 1.165) is 30.6 Å². The van der Waals surface area contributed by atoms with E-state index >= 15 is 0 Å². The van der Waals surface area contributed by atoms with E-state index in [1.165, 1.54) is 11.1 Å². The van der Waals surface area contributed by atoms with Gasteiger partial charge in [0.15, 0.2) is 0 Å². The van der Waals surface area contributed by atoms with Gasteiger partial charge >= 0.3 is 0 Å². The van der Waals surface area contributed by atoms with Crippen molar-refractivity contribution in [2.75, 3.05) is 10.6 Å². The van der Waals surface area contributed by atoms with Crippen molar-refractivity contribution in [1.29, 1.82) is 0 Å². The normalized spacial score (nSPS) is 15.0. The summed E-state index contributed by atoms with van der Waals surface area (Å²) in [6.45, 7) is 4.28. The Balaban J connectivity index is 1.70. The molecule has 0 aliphatic heterocycles. The Morgan fingerprint density at radius 3 is 2.48 bits per heavy atom. The lowest BCUT2D eigenvalue weighted by Crippen LogP contribution is -2.14. The number of nitrogens with one attached hydrogen (secondary N) is 2. The molecule has 1 aliphatic rings. The van der Waals surface area contributed by atoms with Gasteiger partial charge in [0.2, 0.25) is 5.91 Å². The quantitative estimate of drug-likeness (QED) is 0.796. The van der Waals surface area contributed by atoms with Crippen LogP contribution in [0.5, 0.6) is 0 Å². The van der Waals surface area contributed by atoms with Gasteiger partial charge in [-0.3, -0.25) is 4.79 Å². The van der Waals surface area contributed by atoms with Crippen LogP contribution in [-0.2, 0) is 4.79 Å². The third-order valence-electron chi connectivity index (χ3n) is 4.31. The molecule has 1 unspecified atom stereocenters. The molecular formula is C20H24N2O. The molecule has 1 amide bonds. The Morgan fingerprint density at radius 1 is 1.13 bits per heavy atom. The Kier molecular flexibility index (Phi) is 4.65. The van der Waals surface area contributed by atoms with E-state index in [9.17, 15) is 4.79 Å². The summed E-state index contributed by atoms with van der Waals surface area (Å²) in [5, 5.41) is 6.58. The number of rotatable bonds is 6. The predicted molar refractivity (Wildman–Crippen MR) is 95.6 cm³/mol. The molecule has 1 atom stereocenters. The zero-order valence-corrected chi connectivity index (χ0v) is 13.8. The Labute approximate surface area is 138 Å². The molecule has 0 radical (unpaired) electrons. The number of hydrogen-bond acceptors (Lipinski definition) is 2. The number of aryl methyl sites for hydroxylation is 1. The molecule has 23 heavy (non-hydrogen) atoms. The zero-order valence-electron chi connectivity index (χ0n) is 13.8. The first-order valence-electron chi connectivity index (χ1n) is 8.39. The molecule has 2 aromatic carbocycles. The standard InChI is InChI=1S/C20H24N2O/c1-3-19(15-9-7-14(2)8-10-15)21-17-5-4-6-18(13-17)22-20(23)16-11-12-16/h4-10,13,16,19,21H,3,11-12H2,1-2H3,(H,22,23). The monoisotopic (exact) mass is 308 g/mol. The Hall–Kier alpha value is -2.29. The summed E-state index contributed by atoms with van der Waals surface area (Å²) in [7, 11) is 0. The maximum absolute atomic E-state index is 11.9. The fourth-order valence-electron chi connectivity index (χ4n) is 2.70. The average molecular weight is 308 g/mol. The average Bonchev–Trinajstić information content (AvgIpc) is 3.39. The van der Waals surface area contributed by atoms with Crippen LogP contribution in [0.1, 0.15) is 43.4 Å². The van der Waals surface area contributed by atoms with E-state index < -0.39 is 0 Å². The van der Waals surface area contributed by atoms with Crippen molar-refractivity contribution in [1.82, 2.24) is 0 Å². The third kappa shape index (κ3) is 4.13. The number of anilines is 2. The molecule has 0 saturated heterocycles. The zero-order chi connectivity index (χ0) is 16.2. The van der Waals surface area contributed by atoms with Crippen LogP contribution >= 0.6 is 0 Å². The van der Waals surface area contributed by atoms with Crippen molar-refractivity contribution in [3.63, 3.8) is 0 Å². The van der Waals surface area contributed by atoms with E-state index in [-0.39, 0.29) is 17.9 Å². The number of amides is 1. The van der Waals surface area contributed by atoms with E-state index in [1.54, 1.807) is 0 Å². The Bertz CT molecular complexity index is 674. The highest BCUT2D eigenvalue weighted by Crippen LogP contribution is 2.31. The fourth-order valence-corrected chi connectivity index (χ4v) is 2.70. The predicted octanol–water partition coefficient (Wildman–Crippen LogP) is 4.91. The Morgan fingerprint density at radius 2 is 1.83 bits per heavy atom. The summed E-state index contributed by atoms with van der Waals surface area (Å²) >= 11 is 0. The second-order valence-corrected chi connectivity index (χ2v) is 6.36. The van der Waals surface area contributed by atoms with Gasteiger partial charge in [-0.25, -0.2) is 0 Å². The molecule has 0 heterocycles. The minimum absolute atomic E-state index is 0.146. The van der Waals surface area contributed by atoms with Crippen molar-refractivity contribution in [2.45, 2.75) is 39.2 Å². The molecule has 1 fully saturated rings. The molecule has 3 heteroatoms. The van der Waals surface area contributed by atoms with Gasteiger partial charge in [-0.2, -0.15) is 0 Å². The van der Waals surface area contributed by atoms with Crippen molar-refractivity contribution in [3.05, 3.63) is 59.7 Å². The molecule has 0 spiro atoms. The van der Waals surface area contributed by atoms with Crippen LogP contribution < -0.4 is 10.6 Å². The van der Waals surface area contributed by atoms with E-state index in [1.807, 2.05) is 24.3 Å². The highest BCUT2D eigenvalue weighted by Gasteiger charge is 2.29. The molecule has 2 N–H and O–H groups in total. The molecule has 120 valence electrons.